The first kappa shape index (κ1) is 13.8. The molecule has 2 heteroatoms. The minimum Gasteiger partial charge on any atom is -0.329 e. The molecule has 0 bridgehead atoms. The quantitative estimate of drug-likeness (QED) is 0.823. The highest BCUT2D eigenvalue weighted by atomic mass is 15.0. The van der Waals surface area contributed by atoms with Crippen molar-refractivity contribution in [1.82, 2.24) is 5.32 Å². The summed E-state index contributed by atoms with van der Waals surface area (Å²) in [5.41, 5.74) is 7.80. The maximum atomic E-state index is 6.12. The van der Waals surface area contributed by atoms with Crippen LogP contribution in [0.5, 0.6) is 0 Å². The van der Waals surface area contributed by atoms with Crippen molar-refractivity contribution in [2.75, 3.05) is 6.54 Å². The molecule has 3 N–H and O–H groups in total. The maximum absolute atomic E-state index is 6.12. The SMILES string of the molecule is NCC1(NC2CC=CC2)CCC(c2ccccc2)CC1. The summed E-state index contributed by atoms with van der Waals surface area (Å²) in [7, 11) is 0. The monoisotopic (exact) mass is 270 g/mol. The second kappa shape index (κ2) is 6.11. The Labute approximate surface area is 122 Å². The average molecular weight is 270 g/mol. The van der Waals surface area contributed by atoms with Gasteiger partial charge in [0.05, 0.1) is 0 Å². The van der Waals surface area contributed by atoms with E-state index in [2.05, 4.69) is 47.8 Å². The number of rotatable bonds is 4. The van der Waals surface area contributed by atoms with E-state index in [-0.39, 0.29) is 5.54 Å². The van der Waals surface area contributed by atoms with Crippen LogP contribution < -0.4 is 11.1 Å². The molecule has 0 heterocycles. The van der Waals surface area contributed by atoms with Crippen LogP contribution in [0.2, 0.25) is 0 Å². The van der Waals surface area contributed by atoms with Crippen LogP contribution in [0.15, 0.2) is 42.5 Å². The number of nitrogens with two attached hydrogens (primary N) is 1. The van der Waals surface area contributed by atoms with Gasteiger partial charge in [0.1, 0.15) is 0 Å². The summed E-state index contributed by atoms with van der Waals surface area (Å²) >= 11 is 0. The Morgan fingerprint density at radius 2 is 1.70 bits per heavy atom. The van der Waals surface area contributed by atoms with E-state index in [1.54, 1.807) is 0 Å². The Kier molecular flexibility index (Phi) is 4.23. The average Bonchev–Trinajstić information content (AvgIpc) is 3.02. The minimum absolute atomic E-state index is 0.183. The van der Waals surface area contributed by atoms with Gasteiger partial charge >= 0.3 is 0 Å². The Balaban J connectivity index is 1.60. The summed E-state index contributed by atoms with van der Waals surface area (Å²) in [5.74, 6) is 0.722. The Morgan fingerprint density at radius 3 is 2.30 bits per heavy atom. The van der Waals surface area contributed by atoms with Gasteiger partial charge < -0.3 is 11.1 Å². The highest BCUT2D eigenvalue weighted by molar-refractivity contribution is 5.21. The van der Waals surface area contributed by atoms with Crippen LogP contribution in [-0.2, 0) is 0 Å². The van der Waals surface area contributed by atoms with E-state index in [1.807, 2.05) is 0 Å². The minimum atomic E-state index is 0.183. The fourth-order valence-corrected chi connectivity index (χ4v) is 3.80. The first-order chi connectivity index (χ1) is 9.81. The summed E-state index contributed by atoms with van der Waals surface area (Å²) in [6, 6.07) is 11.6. The normalized spacial score (nSPS) is 30.8. The molecule has 0 aliphatic heterocycles. The third-order valence-electron chi connectivity index (χ3n) is 5.12. The van der Waals surface area contributed by atoms with Crippen molar-refractivity contribution in [2.24, 2.45) is 5.73 Å². The molecular weight excluding hydrogens is 244 g/mol. The molecule has 2 aliphatic rings. The van der Waals surface area contributed by atoms with Crippen LogP contribution in [0, 0.1) is 0 Å². The van der Waals surface area contributed by atoms with E-state index in [0.717, 1.165) is 12.5 Å². The van der Waals surface area contributed by atoms with E-state index in [0.29, 0.717) is 6.04 Å². The Morgan fingerprint density at radius 1 is 1.05 bits per heavy atom. The molecule has 1 aromatic carbocycles. The Bertz CT molecular complexity index is 436. The van der Waals surface area contributed by atoms with Crippen molar-refractivity contribution < 1.29 is 0 Å². The molecule has 0 amide bonds. The summed E-state index contributed by atoms with van der Waals surface area (Å²) in [6.07, 6.45) is 11.9. The van der Waals surface area contributed by atoms with Gasteiger partial charge in [0.25, 0.3) is 0 Å². The zero-order chi connectivity index (χ0) is 13.8. The fraction of sp³-hybridized carbons (Fsp3) is 0.556. The predicted molar refractivity (Wildman–Crippen MR) is 84.7 cm³/mol. The number of benzene rings is 1. The summed E-state index contributed by atoms with van der Waals surface area (Å²) in [4.78, 5) is 0. The molecule has 2 nitrogen and oxygen atoms in total. The second-order valence-corrected chi connectivity index (χ2v) is 6.45. The smallest absolute Gasteiger partial charge is 0.0307 e. The van der Waals surface area contributed by atoms with Crippen LogP contribution in [0.3, 0.4) is 0 Å². The number of nitrogens with one attached hydrogen (secondary N) is 1. The third-order valence-corrected chi connectivity index (χ3v) is 5.12. The molecular formula is C18H26N2. The molecule has 0 atom stereocenters. The molecule has 108 valence electrons. The summed E-state index contributed by atoms with van der Waals surface area (Å²) in [6.45, 7) is 0.769. The highest BCUT2D eigenvalue weighted by Gasteiger charge is 2.36. The van der Waals surface area contributed by atoms with Crippen LogP contribution in [0.25, 0.3) is 0 Å². The van der Waals surface area contributed by atoms with E-state index in [9.17, 15) is 0 Å². The molecule has 0 saturated heterocycles. The van der Waals surface area contributed by atoms with Gasteiger partial charge in [0.2, 0.25) is 0 Å². The molecule has 1 fully saturated rings. The van der Waals surface area contributed by atoms with Crippen molar-refractivity contribution >= 4 is 0 Å². The summed E-state index contributed by atoms with van der Waals surface area (Å²) < 4.78 is 0. The van der Waals surface area contributed by atoms with Crippen LogP contribution in [0.4, 0.5) is 0 Å². The lowest BCUT2D eigenvalue weighted by Gasteiger charge is -2.42. The molecule has 0 radical (unpaired) electrons. The van der Waals surface area contributed by atoms with E-state index in [1.165, 1.54) is 44.1 Å². The molecule has 0 aromatic heterocycles. The Hall–Kier alpha value is -1.12. The zero-order valence-corrected chi connectivity index (χ0v) is 12.2. The van der Waals surface area contributed by atoms with Crippen molar-refractivity contribution in [3.05, 3.63) is 48.0 Å². The molecule has 1 aromatic rings. The summed E-state index contributed by atoms with van der Waals surface area (Å²) in [5, 5.41) is 3.87. The second-order valence-electron chi connectivity index (χ2n) is 6.45. The van der Waals surface area contributed by atoms with Crippen LogP contribution in [-0.4, -0.2) is 18.1 Å². The third kappa shape index (κ3) is 2.97. The molecule has 0 spiro atoms. The van der Waals surface area contributed by atoms with Gasteiger partial charge in [-0.15, -0.1) is 0 Å². The van der Waals surface area contributed by atoms with Gasteiger partial charge in [-0.3, -0.25) is 0 Å². The molecule has 2 aliphatic carbocycles. The van der Waals surface area contributed by atoms with Gasteiger partial charge in [0, 0.05) is 18.1 Å². The van der Waals surface area contributed by atoms with Crippen molar-refractivity contribution in [3.8, 4) is 0 Å². The van der Waals surface area contributed by atoms with Gasteiger partial charge in [-0.1, -0.05) is 42.5 Å². The molecule has 1 saturated carbocycles. The number of hydrogen-bond donors (Lipinski definition) is 2. The van der Waals surface area contributed by atoms with Gasteiger partial charge in [0.15, 0.2) is 0 Å². The molecule has 3 rings (SSSR count). The van der Waals surface area contributed by atoms with Gasteiger partial charge in [-0.25, -0.2) is 0 Å². The standard InChI is InChI=1S/C18H26N2/c19-14-18(20-17-8-4-5-9-17)12-10-16(11-13-18)15-6-2-1-3-7-15/h1-7,16-17,20H,8-14,19H2. The lowest BCUT2D eigenvalue weighted by Crippen LogP contribution is -2.56. The topological polar surface area (TPSA) is 38.0 Å². The number of hydrogen-bond acceptors (Lipinski definition) is 2. The highest BCUT2D eigenvalue weighted by Crippen LogP contribution is 2.38. The zero-order valence-electron chi connectivity index (χ0n) is 12.2. The van der Waals surface area contributed by atoms with E-state index >= 15 is 0 Å². The van der Waals surface area contributed by atoms with Crippen LogP contribution in [0.1, 0.15) is 50.0 Å². The van der Waals surface area contributed by atoms with Gasteiger partial charge in [-0.2, -0.15) is 0 Å². The van der Waals surface area contributed by atoms with Crippen LogP contribution >= 0.6 is 0 Å². The predicted octanol–water partition coefficient (Wildman–Crippen LogP) is 3.35. The first-order valence-corrected chi connectivity index (χ1v) is 7.99. The van der Waals surface area contributed by atoms with Crippen molar-refractivity contribution in [1.29, 1.82) is 0 Å². The maximum Gasteiger partial charge on any atom is 0.0307 e. The lowest BCUT2D eigenvalue weighted by atomic mass is 9.73. The van der Waals surface area contributed by atoms with Gasteiger partial charge in [-0.05, 0) is 50.0 Å². The lowest BCUT2D eigenvalue weighted by molar-refractivity contribution is 0.202. The fourth-order valence-electron chi connectivity index (χ4n) is 3.80. The van der Waals surface area contributed by atoms with E-state index in [4.69, 9.17) is 5.73 Å². The largest absolute Gasteiger partial charge is 0.329 e. The molecule has 20 heavy (non-hydrogen) atoms. The molecule has 0 unspecified atom stereocenters. The van der Waals surface area contributed by atoms with Crippen molar-refractivity contribution in [3.63, 3.8) is 0 Å². The first-order valence-electron chi connectivity index (χ1n) is 7.99. The van der Waals surface area contributed by atoms with E-state index < -0.39 is 0 Å². The van der Waals surface area contributed by atoms with Crippen molar-refractivity contribution in [2.45, 2.75) is 56.0 Å².